The number of rotatable bonds is 6. The molecule has 1 atom stereocenters. The van der Waals surface area contributed by atoms with Gasteiger partial charge in [-0.25, -0.2) is 9.97 Å². The van der Waals surface area contributed by atoms with Crippen molar-refractivity contribution in [2.45, 2.75) is 64.6 Å². The van der Waals surface area contributed by atoms with Gasteiger partial charge in [-0.05, 0) is 32.6 Å². The average Bonchev–Trinajstić information content (AvgIpc) is 2.98. The lowest BCUT2D eigenvalue weighted by Gasteiger charge is -2.21. The standard InChI is InChI=1S/C16H24N4S/c1-10(2)13-8-21-16(19-13)15(18-11(3)4)14-7-17-9-20(14)12-5-6-12/h7-12,15,18H,5-6H2,1-4H3. The Balaban J connectivity index is 1.94. The fraction of sp³-hybridized carbons (Fsp3) is 0.625. The highest BCUT2D eigenvalue weighted by Crippen LogP contribution is 2.38. The third kappa shape index (κ3) is 3.19. The van der Waals surface area contributed by atoms with Gasteiger partial charge in [0.25, 0.3) is 0 Å². The highest BCUT2D eigenvalue weighted by Gasteiger charge is 2.30. The van der Waals surface area contributed by atoms with Crippen LogP contribution in [0.1, 0.15) is 74.9 Å². The molecule has 1 aliphatic rings. The molecule has 114 valence electrons. The van der Waals surface area contributed by atoms with Crippen LogP contribution in [-0.4, -0.2) is 20.6 Å². The van der Waals surface area contributed by atoms with Gasteiger partial charge in [-0.1, -0.05) is 13.8 Å². The lowest BCUT2D eigenvalue weighted by molar-refractivity contribution is 0.497. The summed E-state index contributed by atoms with van der Waals surface area (Å²) in [5, 5.41) is 7.00. The Bertz CT molecular complexity index is 595. The summed E-state index contributed by atoms with van der Waals surface area (Å²) in [4.78, 5) is 9.23. The van der Waals surface area contributed by atoms with Crippen LogP contribution < -0.4 is 5.32 Å². The molecular formula is C16H24N4S. The second-order valence-corrected chi connectivity index (χ2v) is 7.37. The maximum absolute atomic E-state index is 4.85. The monoisotopic (exact) mass is 304 g/mol. The first-order valence-electron chi connectivity index (χ1n) is 7.79. The van der Waals surface area contributed by atoms with Crippen molar-refractivity contribution in [2.75, 3.05) is 0 Å². The molecule has 0 aromatic carbocycles. The van der Waals surface area contributed by atoms with Crippen LogP contribution in [0.2, 0.25) is 0 Å². The zero-order chi connectivity index (χ0) is 15.0. The largest absolute Gasteiger partial charge is 0.330 e. The maximum atomic E-state index is 4.85. The lowest BCUT2D eigenvalue weighted by Crippen LogP contribution is -2.30. The van der Waals surface area contributed by atoms with Crippen molar-refractivity contribution in [3.63, 3.8) is 0 Å². The van der Waals surface area contributed by atoms with Crippen molar-refractivity contribution in [1.29, 1.82) is 0 Å². The zero-order valence-electron chi connectivity index (χ0n) is 13.2. The van der Waals surface area contributed by atoms with Crippen molar-refractivity contribution in [3.8, 4) is 0 Å². The Kier molecular flexibility index (Phi) is 4.13. The molecule has 0 radical (unpaired) electrons. The molecule has 2 aromatic heterocycles. The number of nitrogens with zero attached hydrogens (tertiary/aromatic N) is 3. The average molecular weight is 304 g/mol. The molecule has 0 saturated heterocycles. The van der Waals surface area contributed by atoms with E-state index in [2.05, 4.69) is 47.9 Å². The Labute approximate surface area is 130 Å². The minimum atomic E-state index is 0.144. The lowest BCUT2D eigenvalue weighted by atomic mass is 10.1. The first-order chi connectivity index (χ1) is 10.1. The van der Waals surface area contributed by atoms with Crippen LogP contribution in [0, 0.1) is 0 Å². The Morgan fingerprint density at radius 3 is 2.62 bits per heavy atom. The number of nitrogens with one attached hydrogen (secondary N) is 1. The van der Waals surface area contributed by atoms with Gasteiger partial charge in [0.05, 0.1) is 23.9 Å². The summed E-state index contributed by atoms with van der Waals surface area (Å²) in [6, 6.07) is 1.19. The molecule has 2 heterocycles. The van der Waals surface area contributed by atoms with Crippen molar-refractivity contribution in [2.24, 2.45) is 0 Å². The van der Waals surface area contributed by atoms with Crippen LogP contribution >= 0.6 is 11.3 Å². The minimum Gasteiger partial charge on any atom is -0.330 e. The third-order valence-electron chi connectivity index (χ3n) is 3.81. The molecule has 5 heteroatoms. The normalized spacial score (nSPS) is 16.9. The van der Waals surface area contributed by atoms with Crippen LogP contribution in [0.15, 0.2) is 17.9 Å². The molecule has 0 aliphatic heterocycles. The maximum Gasteiger partial charge on any atom is 0.116 e. The van der Waals surface area contributed by atoms with E-state index >= 15 is 0 Å². The van der Waals surface area contributed by atoms with E-state index in [4.69, 9.17) is 4.98 Å². The SMILES string of the molecule is CC(C)NC(c1nc(C(C)C)cs1)c1cncn1C1CC1. The molecule has 4 nitrogen and oxygen atoms in total. The minimum absolute atomic E-state index is 0.144. The van der Waals surface area contributed by atoms with E-state index in [0.717, 1.165) is 5.01 Å². The topological polar surface area (TPSA) is 42.7 Å². The van der Waals surface area contributed by atoms with E-state index in [0.29, 0.717) is 18.0 Å². The van der Waals surface area contributed by atoms with E-state index in [9.17, 15) is 0 Å². The molecule has 0 spiro atoms. The van der Waals surface area contributed by atoms with Crippen LogP contribution in [0.4, 0.5) is 0 Å². The summed E-state index contributed by atoms with van der Waals surface area (Å²) in [6.45, 7) is 8.75. The van der Waals surface area contributed by atoms with Gasteiger partial charge >= 0.3 is 0 Å². The first kappa shape index (κ1) is 14.7. The molecular weight excluding hydrogens is 280 g/mol. The van der Waals surface area contributed by atoms with Crippen molar-refractivity contribution >= 4 is 11.3 Å². The molecule has 1 fully saturated rings. The van der Waals surface area contributed by atoms with Crippen LogP contribution in [0.5, 0.6) is 0 Å². The quantitative estimate of drug-likeness (QED) is 0.880. The van der Waals surface area contributed by atoms with Gasteiger partial charge in [0.1, 0.15) is 11.0 Å². The highest BCUT2D eigenvalue weighted by molar-refractivity contribution is 7.09. The Morgan fingerprint density at radius 1 is 1.29 bits per heavy atom. The summed E-state index contributed by atoms with van der Waals surface area (Å²) in [5.41, 5.74) is 2.43. The fourth-order valence-corrected chi connectivity index (χ4v) is 3.56. The van der Waals surface area contributed by atoms with Crippen LogP contribution in [0.25, 0.3) is 0 Å². The molecule has 0 bridgehead atoms. The van der Waals surface area contributed by atoms with Crippen molar-refractivity contribution in [3.05, 3.63) is 34.3 Å². The fourth-order valence-electron chi connectivity index (χ4n) is 2.51. The number of hydrogen-bond donors (Lipinski definition) is 1. The first-order valence-corrected chi connectivity index (χ1v) is 8.67. The molecule has 2 aromatic rings. The number of thiazole rings is 1. The van der Waals surface area contributed by atoms with Gasteiger partial charge in [0.2, 0.25) is 0 Å². The van der Waals surface area contributed by atoms with Crippen molar-refractivity contribution in [1.82, 2.24) is 19.9 Å². The summed E-state index contributed by atoms with van der Waals surface area (Å²) >= 11 is 1.75. The molecule has 1 unspecified atom stereocenters. The van der Waals surface area contributed by atoms with E-state index in [1.807, 2.05) is 12.5 Å². The van der Waals surface area contributed by atoms with Crippen molar-refractivity contribution < 1.29 is 0 Å². The number of imidazole rings is 1. The van der Waals surface area contributed by atoms with Gasteiger partial charge in [0.15, 0.2) is 0 Å². The zero-order valence-corrected chi connectivity index (χ0v) is 14.0. The van der Waals surface area contributed by atoms with Gasteiger partial charge in [-0.15, -0.1) is 11.3 Å². The molecule has 21 heavy (non-hydrogen) atoms. The summed E-state index contributed by atoms with van der Waals surface area (Å²) < 4.78 is 2.33. The Morgan fingerprint density at radius 2 is 2.05 bits per heavy atom. The summed E-state index contributed by atoms with van der Waals surface area (Å²) in [7, 11) is 0. The molecule has 1 aliphatic carbocycles. The van der Waals surface area contributed by atoms with Crippen LogP contribution in [-0.2, 0) is 0 Å². The summed E-state index contributed by atoms with van der Waals surface area (Å²) in [6.07, 6.45) is 6.51. The second-order valence-electron chi connectivity index (χ2n) is 6.48. The van der Waals surface area contributed by atoms with Gasteiger partial charge in [0, 0.05) is 17.5 Å². The Hall–Kier alpha value is -1.20. The molecule has 1 saturated carbocycles. The number of aromatic nitrogens is 3. The van der Waals surface area contributed by atoms with E-state index in [-0.39, 0.29) is 6.04 Å². The van der Waals surface area contributed by atoms with Gasteiger partial charge in [-0.2, -0.15) is 0 Å². The van der Waals surface area contributed by atoms with Crippen LogP contribution in [0.3, 0.4) is 0 Å². The van der Waals surface area contributed by atoms with E-state index < -0.39 is 0 Å². The predicted octanol–water partition coefficient (Wildman–Crippen LogP) is 3.89. The molecule has 0 amide bonds. The summed E-state index contributed by atoms with van der Waals surface area (Å²) in [5.74, 6) is 0.475. The smallest absolute Gasteiger partial charge is 0.116 e. The van der Waals surface area contributed by atoms with Gasteiger partial charge in [-0.3, -0.25) is 0 Å². The third-order valence-corrected chi connectivity index (χ3v) is 4.74. The highest BCUT2D eigenvalue weighted by atomic mass is 32.1. The van der Waals surface area contributed by atoms with E-state index in [1.54, 1.807) is 11.3 Å². The van der Waals surface area contributed by atoms with E-state index in [1.165, 1.54) is 24.2 Å². The molecule has 1 N–H and O–H groups in total. The van der Waals surface area contributed by atoms with Gasteiger partial charge < -0.3 is 9.88 Å². The predicted molar refractivity (Wildman–Crippen MR) is 86.8 cm³/mol. The molecule has 3 rings (SSSR count). The second kappa shape index (κ2) is 5.89. The number of hydrogen-bond acceptors (Lipinski definition) is 4.